The molecule has 2 rings (SSSR count). The van der Waals surface area contributed by atoms with E-state index in [-0.39, 0.29) is 5.82 Å². The molecular formula is C17H17BrFNO. The van der Waals surface area contributed by atoms with Gasteiger partial charge in [0.15, 0.2) is 0 Å². The van der Waals surface area contributed by atoms with Gasteiger partial charge >= 0.3 is 0 Å². The van der Waals surface area contributed by atoms with E-state index in [2.05, 4.69) is 27.8 Å². The van der Waals surface area contributed by atoms with Gasteiger partial charge in [-0.25, -0.2) is 4.39 Å². The van der Waals surface area contributed by atoms with Crippen LogP contribution in [0.5, 0.6) is 5.75 Å². The number of nitrogens with zero attached hydrogens (tertiary/aromatic N) is 1. The summed E-state index contributed by atoms with van der Waals surface area (Å²) < 4.78 is 19.6. The smallest absolute Gasteiger partial charge is 0.129 e. The van der Waals surface area contributed by atoms with Crippen LogP contribution in [0.4, 0.5) is 10.1 Å². The molecule has 0 aliphatic carbocycles. The average molecular weight is 350 g/mol. The summed E-state index contributed by atoms with van der Waals surface area (Å²) in [5, 5.41) is 0. The molecular weight excluding hydrogens is 333 g/mol. The Hall–Kier alpha value is -1.68. The molecule has 0 spiro atoms. The maximum atomic E-state index is 12.9. The largest absolute Gasteiger partial charge is 0.493 e. The summed E-state index contributed by atoms with van der Waals surface area (Å²) in [6.07, 6.45) is 3.84. The Bertz CT molecular complexity index is 611. The van der Waals surface area contributed by atoms with Gasteiger partial charge in [-0.1, -0.05) is 29.3 Å². The lowest BCUT2D eigenvalue weighted by atomic mass is 10.2. The lowest BCUT2D eigenvalue weighted by molar-refractivity contribution is 0.309. The van der Waals surface area contributed by atoms with E-state index in [0.29, 0.717) is 12.3 Å². The van der Waals surface area contributed by atoms with Gasteiger partial charge in [0.25, 0.3) is 0 Å². The van der Waals surface area contributed by atoms with E-state index in [1.807, 2.05) is 18.2 Å². The second-order valence-corrected chi connectivity index (χ2v) is 5.53. The summed E-state index contributed by atoms with van der Waals surface area (Å²) in [6.45, 7) is 2.81. The first kappa shape index (κ1) is 15.7. The van der Waals surface area contributed by atoms with E-state index in [0.717, 1.165) is 28.6 Å². The lowest BCUT2D eigenvalue weighted by Gasteiger charge is -2.09. The third kappa shape index (κ3) is 4.97. The number of rotatable bonds is 6. The van der Waals surface area contributed by atoms with Crippen molar-refractivity contribution < 1.29 is 9.13 Å². The predicted molar refractivity (Wildman–Crippen MR) is 88.2 cm³/mol. The fraction of sp³-hybridized carbons (Fsp3) is 0.235. The molecule has 0 unspecified atom stereocenters. The van der Waals surface area contributed by atoms with Crippen LogP contribution in [-0.4, -0.2) is 12.8 Å². The van der Waals surface area contributed by atoms with Crippen molar-refractivity contribution in [3.05, 3.63) is 58.3 Å². The second-order valence-electron chi connectivity index (χ2n) is 4.62. The molecule has 0 aliphatic rings. The zero-order chi connectivity index (χ0) is 15.1. The Labute approximate surface area is 132 Å². The number of hydrogen-bond acceptors (Lipinski definition) is 2. The van der Waals surface area contributed by atoms with Crippen molar-refractivity contribution in [2.75, 3.05) is 6.61 Å². The maximum absolute atomic E-state index is 12.9. The fourth-order valence-corrected chi connectivity index (χ4v) is 2.08. The molecule has 0 atom stereocenters. The maximum Gasteiger partial charge on any atom is 0.129 e. The highest BCUT2D eigenvalue weighted by Gasteiger charge is 2.03. The molecule has 2 aromatic rings. The van der Waals surface area contributed by atoms with Gasteiger partial charge in [0.05, 0.1) is 12.3 Å². The van der Waals surface area contributed by atoms with Crippen LogP contribution in [0.1, 0.15) is 25.3 Å². The molecule has 0 aromatic heterocycles. The van der Waals surface area contributed by atoms with Crippen molar-refractivity contribution in [2.45, 2.75) is 19.8 Å². The Morgan fingerprint density at radius 2 is 1.95 bits per heavy atom. The number of aliphatic imine (C=N–C) groups is 1. The standard InChI is InChI=1S/C17H17BrFNO/c1-2-3-10-21-17-11-14(18)5-4-13(17)12-20-16-8-6-15(19)7-9-16/h4-9,11-12H,2-3,10H2,1H3/b20-12+. The van der Waals surface area contributed by atoms with Crippen molar-refractivity contribution in [3.8, 4) is 5.75 Å². The highest BCUT2D eigenvalue weighted by Crippen LogP contribution is 2.23. The molecule has 2 nitrogen and oxygen atoms in total. The van der Waals surface area contributed by atoms with Gasteiger partial charge in [-0.2, -0.15) is 0 Å². The summed E-state index contributed by atoms with van der Waals surface area (Å²) in [4.78, 5) is 4.35. The Morgan fingerprint density at radius 1 is 1.19 bits per heavy atom. The lowest BCUT2D eigenvalue weighted by Crippen LogP contribution is -1.99. The summed E-state index contributed by atoms with van der Waals surface area (Å²) in [7, 11) is 0. The Morgan fingerprint density at radius 3 is 2.67 bits per heavy atom. The van der Waals surface area contributed by atoms with Crippen LogP contribution < -0.4 is 4.74 Å². The third-order valence-corrected chi connectivity index (χ3v) is 3.40. The Balaban J connectivity index is 2.16. The number of unbranched alkanes of at least 4 members (excludes halogenated alkanes) is 1. The highest BCUT2D eigenvalue weighted by atomic mass is 79.9. The minimum absolute atomic E-state index is 0.263. The van der Waals surface area contributed by atoms with Crippen LogP contribution in [0.15, 0.2) is 51.9 Å². The second kappa shape index (κ2) is 7.93. The summed E-state index contributed by atoms with van der Waals surface area (Å²) in [6, 6.07) is 11.9. The molecule has 0 amide bonds. The van der Waals surface area contributed by atoms with Gasteiger partial charge in [0.2, 0.25) is 0 Å². The number of ether oxygens (including phenoxy) is 1. The summed E-state index contributed by atoms with van der Waals surface area (Å²) in [5.41, 5.74) is 1.61. The van der Waals surface area contributed by atoms with Crippen LogP contribution in [-0.2, 0) is 0 Å². The first-order chi connectivity index (χ1) is 10.2. The quantitative estimate of drug-likeness (QED) is 0.497. The topological polar surface area (TPSA) is 21.6 Å². The van der Waals surface area contributed by atoms with Gasteiger partial charge in [-0.05, 0) is 48.9 Å². The molecule has 0 radical (unpaired) electrons. The van der Waals surface area contributed by atoms with Gasteiger partial charge in [-0.15, -0.1) is 0 Å². The summed E-state index contributed by atoms with van der Waals surface area (Å²) >= 11 is 3.44. The number of halogens is 2. The molecule has 0 aliphatic heterocycles. The molecule has 110 valence electrons. The molecule has 2 aromatic carbocycles. The van der Waals surface area contributed by atoms with E-state index < -0.39 is 0 Å². The minimum atomic E-state index is -0.263. The Kier molecular flexibility index (Phi) is 5.93. The molecule has 0 heterocycles. The molecule has 0 fully saturated rings. The molecule has 0 saturated heterocycles. The fourth-order valence-electron chi connectivity index (χ4n) is 1.74. The van der Waals surface area contributed by atoms with Gasteiger partial charge in [-0.3, -0.25) is 4.99 Å². The molecule has 0 saturated carbocycles. The SMILES string of the molecule is CCCCOc1cc(Br)ccc1/C=N/c1ccc(F)cc1. The van der Waals surface area contributed by atoms with Crippen molar-refractivity contribution in [2.24, 2.45) is 4.99 Å². The van der Waals surface area contributed by atoms with E-state index in [9.17, 15) is 4.39 Å². The van der Waals surface area contributed by atoms with Crippen molar-refractivity contribution in [3.63, 3.8) is 0 Å². The van der Waals surface area contributed by atoms with E-state index in [1.54, 1.807) is 18.3 Å². The van der Waals surface area contributed by atoms with Crippen molar-refractivity contribution >= 4 is 27.8 Å². The summed E-state index contributed by atoms with van der Waals surface area (Å²) in [5.74, 6) is 0.532. The monoisotopic (exact) mass is 349 g/mol. The van der Waals surface area contributed by atoms with Crippen molar-refractivity contribution in [1.29, 1.82) is 0 Å². The van der Waals surface area contributed by atoms with Gasteiger partial charge in [0.1, 0.15) is 11.6 Å². The zero-order valence-corrected chi connectivity index (χ0v) is 13.4. The molecule has 21 heavy (non-hydrogen) atoms. The van der Waals surface area contributed by atoms with E-state index >= 15 is 0 Å². The van der Waals surface area contributed by atoms with E-state index in [1.165, 1.54) is 12.1 Å². The highest BCUT2D eigenvalue weighted by molar-refractivity contribution is 9.10. The van der Waals surface area contributed by atoms with Crippen LogP contribution in [0.25, 0.3) is 0 Å². The number of hydrogen-bond donors (Lipinski definition) is 0. The van der Waals surface area contributed by atoms with Crippen molar-refractivity contribution in [1.82, 2.24) is 0 Å². The predicted octanol–water partition coefficient (Wildman–Crippen LogP) is 5.52. The number of benzene rings is 2. The zero-order valence-electron chi connectivity index (χ0n) is 11.9. The van der Waals surface area contributed by atoms with Gasteiger partial charge < -0.3 is 4.74 Å². The first-order valence-electron chi connectivity index (χ1n) is 6.91. The molecule has 0 bridgehead atoms. The van der Waals surface area contributed by atoms with Gasteiger partial charge in [0, 0.05) is 16.3 Å². The minimum Gasteiger partial charge on any atom is -0.493 e. The normalized spacial score (nSPS) is 11.0. The molecule has 4 heteroatoms. The average Bonchev–Trinajstić information content (AvgIpc) is 2.48. The van der Waals surface area contributed by atoms with Crippen LogP contribution in [0.2, 0.25) is 0 Å². The van der Waals surface area contributed by atoms with Crippen LogP contribution >= 0.6 is 15.9 Å². The first-order valence-corrected chi connectivity index (χ1v) is 7.70. The van der Waals surface area contributed by atoms with E-state index in [4.69, 9.17) is 4.74 Å². The van der Waals surface area contributed by atoms with Crippen LogP contribution in [0, 0.1) is 5.82 Å². The third-order valence-electron chi connectivity index (χ3n) is 2.91. The van der Waals surface area contributed by atoms with Crippen LogP contribution in [0.3, 0.4) is 0 Å². The molecule has 0 N–H and O–H groups in total.